The van der Waals surface area contributed by atoms with Crippen LogP contribution < -0.4 is 0 Å². The predicted molar refractivity (Wildman–Crippen MR) is 58.4 cm³/mol. The summed E-state index contributed by atoms with van der Waals surface area (Å²) < 4.78 is 0. The van der Waals surface area contributed by atoms with Gasteiger partial charge in [-0.2, -0.15) is 5.10 Å². The van der Waals surface area contributed by atoms with Crippen LogP contribution in [-0.4, -0.2) is 15.2 Å². The maximum Gasteiger partial charge on any atom is 0.191 e. The van der Waals surface area contributed by atoms with Crippen LogP contribution in [0.1, 0.15) is 24.7 Å². The second-order valence-electron chi connectivity index (χ2n) is 3.29. The lowest BCUT2D eigenvalue weighted by Crippen LogP contribution is -1.85. The van der Waals surface area contributed by atoms with Crippen LogP contribution in [-0.2, 0) is 6.42 Å². The first-order valence-electron chi connectivity index (χ1n) is 4.77. The molecule has 0 aromatic carbocycles. The van der Waals surface area contributed by atoms with Crippen LogP contribution in [0.25, 0.3) is 10.7 Å². The SMILES string of the molecule is CCCc1nc(-c2sccc2C)n[nH]1. The second kappa shape index (κ2) is 3.92. The van der Waals surface area contributed by atoms with Crippen molar-refractivity contribution in [3.8, 4) is 10.7 Å². The molecule has 2 rings (SSSR count). The molecule has 0 saturated heterocycles. The van der Waals surface area contributed by atoms with E-state index in [4.69, 9.17) is 0 Å². The van der Waals surface area contributed by atoms with Crippen LogP contribution in [0.4, 0.5) is 0 Å². The Morgan fingerprint density at radius 2 is 2.36 bits per heavy atom. The highest BCUT2D eigenvalue weighted by Gasteiger charge is 2.08. The molecule has 74 valence electrons. The second-order valence-corrected chi connectivity index (χ2v) is 4.20. The zero-order valence-corrected chi connectivity index (χ0v) is 9.19. The van der Waals surface area contributed by atoms with Crippen LogP contribution in [0.15, 0.2) is 11.4 Å². The molecule has 0 saturated carbocycles. The highest BCUT2D eigenvalue weighted by molar-refractivity contribution is 7.13. The van der Waals surface area contributed by atoms with Crippen LogP contribution in [0, 0.1) is 6.92 Å². The lowest BCUT2D eigenvalue weighted by molar-refractivity contribution is 0.841. The summed E-state index contributed by atoms with van der Waals surface area (Å²) in [4.78, 5) is 5.62. The summed E-state index contributed by atoms with van der Waals surface area (Å²) in [5.41, 5.74) is 1.25. The van der Waals surface area contributed by atoms with Crippen molar-refractivity contribution in [1.29, 1.82) is 0 Å². The van der Waals surface area contributed by atoms with E-state index in [0.29, 0.717) is 0 Å². The van der Waals surface area contributed by atoms with E-state index in [1.165, 1.54) is 10.4 Å². The lowest BCUT2D eigenvalue weighted by Gasteiger charge is -1.90. The molecular weight excluding hydrogens is 194 g/mol. The highest BCUT2D eigenvalue weighted by atomic mass is 32.1. The quantitative estimate of drug-likeness (QED) is 0.840. The minimum absolute atomic E-state index is 0.834. The smallest absolute Gasteiger partial charge is 0.191 e. The molecule has 4 heteroatoms. The Balaban J connectivity index is 2.29. The number of hydrogen-bond donors (Lipinski definition) is 1. The topological polar surface area (TPSA) is 41.6 Å². The van der Waals surface area contributed by atoms with E-state index in [1.807, 2.05) is 0 Å². The van der Waals surface area contributed by atoms with Gasteiger partial charge in [-0.3, -0.25) is 5.10 Å². The average Bonchev–Trinajstić information content (AvgIpc) is 2.74. The van der Waals surface area contributed by atoms with E-state index in [0.717, 1.165) is 24.5 Å². The summed E-state index contributed by atoms with van der Waals surface area (Å²) in [7, 11) is 0. The lowest BCUT2D eigenvalue weighted by atomic mass is 10.3. The molecule has 2 heterocycles. The fraction of sp³-hybridized carbons (Fsp3) is 0.400. The maximum atomic E-state index is 4.45. The third-order valence-corrected chi connectivity index (χ3v) is 3.10. The Morgan fingerprint density at radius 3 is 3.00 bits per heavy atom. The first-order chi connectivity index (χ1) is 6.81. The summed E-state index contributed by atoms with van der Waals surface area (Å²) in [6.07, 6.45) is 2.06. The van der Waals surface area contributed by atoms with E-state index >= 15 is 0 Å². The fourth-order valence-electron chi connectivity index (χ4n) is 1.35. The number of hydrogen-bond acceptors (Lipinski definition) is 3. The molecule has 2 aromatic heterocycles. The largest absolute Gasteiger partial charge is 0.263 e. The van der Waals surface area contributed by atoms with Gasteiger partial charge in [0.25, 0.3) is 0 Å². The maximum absolute atomic E-state index is 4.45. The van der Waals surface area contributed by atoms with Gasteiger partial charge in [0.15, 0.2) is 5.82 Å². The number of H-pyrrole nitrogens is 1. The van der Waals surface area contributed by atoms with E-state index < -0.39 is 0 Å². The molecule has 0 spiro atoms. The van der Waals surface area contributed by atoms with Gasteiger partial charge >= 0.3 is 0 Å². The summed E-state index contributed by atoms with van der Waals surface area (Å²) in [6, 6.07) is 2.09. The zero-order valence-electron chi connectivity index (χ0n) is 8.37. The molecule has 0 aliphatic carbocycles. The molecule has 0 aliphatic rings. The zero-order chi connectivity index (χ0) is 9.97. The molecule has 0 unspecified atom stereocenters. The van der Waals surface area contributed by atoms with Gasteiger partial charge in [0.1, 0.15) is 5.82 Å². The molecule has 3 nitrogen and oxygen atoms in total. The minimum Gasteiger partial charge on any atom is -0.263 e. The standard InChI is InChI=1S/C10H13N3S/c1-3-4-8-11-10(13-12-8)9-7(2)5-6-14-9/h5-6H,3-4H2,1-2H3,(H,11,12,13). The molecule has 2 aromatic rings. The highest BCUT2D eigenvalue weighted by Crippen LogP contribution is 2.25. The van der Waals surface area contributed by atoms with Crippen LogP contribution >= 0.6 is 11.3 Å². The summed E-state index contributed by atoms with van der Waals surface area (Å²) >= 11 is 1.69. The molecule has 0 aliphatic heterocycles. The number of nitrogens with zero attached hydrogens (tertiary/aromatic N) is 2. The fourth-order valence-corrected chi connectivity index (χ4v) is 2.21. The molecule has 0 bridgehead atoms. The molecule has 0 radical (unpaired) electrons. The van der Waals surface area contributed by atoms with Crippen molar-refractivity contribution in [1.82, 2.24) is 15.2 Å². The van der Waals surface area contributed by atoms with Crippen molar-refractivity contribution in [3.63, 3.8) is 0 Å². The van der Waals surface area contributed by atoms with Gasteiger partial charge in [0.05, 0.1) is 4.88 Å². The molecule has 0 amide bonds. The predicted octanol–water partition coefficient (Wildman–Crippen LogP) is 2.79. The van der Waals surface area contributed by atoms with Crippen LogP contribution in [0.3, 0.4) is 0 Å². The molecule has 0 atom stereocenters. The summed E-state index contributed by atoms with van der Waals surface area (Å²) in [5, 5.41) is 9.25. The van der Waals surface area contributed by atoms with E-state index in [1.54, 1.807) is 11.3 Å². The number of rotatable bonds is 3. The van der Waals surface area contributed by atoms with Crippen molar-refractivity contribution in [3.05, 3.63) is 22.8 Å². The van der Waals surface area contributed by atoms with E-state index in [2.05, 4.69) is 40.5 Å². The Bertz CT molecular complexity index is 416. The van der Waals surface area contributed by atoms with Crippen molar-refractivity contribution in [2.75, 3.05) is 0 Å². The third kappa shape index (κ3) is 1.70. The van der Waals surface area contributed by atoms with Gasteiger partial charge in [-0.1, -0.05) is 6.92 Å². The number of aryl methyl sites for hydroxylation is 2. The third-order valence-electron chi connectivity index (χ3n) is 2.08. The number of aromatic amines is 1. The van der Waals surface area contributed by atoms with Crippen LogP contribution in [0.2, 0.25) is 0 Å². The normalized spacial score (nSPS) is 10.7. The minimum atomic E-state index is 0.834. The van der Waals surface area contributed by atoms with Crippen molar-refractivity contribution in [2.24, 2.45) is 0 Å². The van der Waals surface area contributed by atoms with Gasteiger partial charge in [-0.05, 0) is 30.4 Å². The molecule has 14 heavy (non-hydrogen) atoms. The van der Waals surface area contributed by atoms with Gasteiger partial charge in [-0.25, -0.2) is 4.98 Å². The van der Waals surface area contributed by atoms with Crippen molar-refractivity contribution < 1.29 is 0 Å². The van der Waals surface area contributed by atoms with Crippen molar-refractivity contribution in [2.45, 2.75) is 26.7 Å². The van der Waals surface area contributed by atoms with Gasteiger partial charge < -0.3 is 0 Å². The molecule has 1 N–H and O–H groups in total. The number of aromatic nitrogens is 3. The summed E-state index contributed by atoms with van der Waals surface area (Å²) in [5.74, 6) is 1.82. The van der Waals surface area contributed by atoms with Crippen molar-refractivity contribution >= 4 is 11.3 Å². The van der Waals surface area contributed by atoms with E-state index in [9.17, 15) is 0 Å². The van der Waals surface area contributed by atoms with Gasteiger partial charge in [0.2, 0.25) is 0 Å². The Hall–Kier alpha value is -1.16. The Labute approximate surface area is 87.2 Å². The monoisotopic (exact) mass is 207 g/mol. The Kier molecular flexibility index (Phi) is 2.63. The first-order valence-corrected chi connectivity index (χ1v) is 5.65. The van der Waals surface area contributed by atoms with Gasteiger partial charge in [0, 0.05) is 6.42 Å². The summed E-state index contributed by atoms with van der Waals surface area (Å²) in [6.45, 7) is 4.22. The molecular formula is C10H13N3S. The Morgan fingerprint density at radius 1 is 1.50 bits per heavy atom. The van der Waals surface area contributed by atoms with Gasteiger partial charge in [-0.15, -0.1) is 11.3 Å². The van der Waals surface area contributed by atoms with E-state index in [-0.39, 0.29) is 0 Å². The van der Waals surface area contributed by atoms with Crippen LogP contribution in [0.5, 0.6) is 0 Å². The number of nitrogens with one attached hydrogen (secondary N) is 1. The average molecular weight is 207 g/mol. The molecule has 0 fully saturated rings. The number of thiophene rings is 1. The first kappa shape index (κ1) is 9.40.